The molecule has 11 nitrogen and oxygen atoms in total. The van der Waals surface area contributed by atoms with Crippen molar-refractivity contribution in [2.24, 2.45) is 0 Å². The lowest BCUT2D eigenvalue weighted by molar-refractivity contribution is -0.277. The Morgan fingerprint density at radius 1 is 0.825 bits per heavy atom. The number of aromatic hydroxyl groups is 2. The molecule has 0 bridgehead atoms. The first-order valence-corrected chi connectivity index (χ1v) is 12.5. The van der Waals surface area contributed by atoms with E-state index in [1.54, 1.807) is 36.4 Å². The fourth-order valence-corrected chi connectivity index (χ4v) is 4.42. The van der Waals surface area contributed by atoms with Gasteiger partial charge >= 0.3 is 0 Å². The maximum Gasteiger partial charge on any atom is 0.229 e. The van der Waals surface area contributed by atoms with Crippen LogP contribution in [0.3, 0.4) is 0 Å². The summed E-state index contributed by atoms with van der Waals surface area (Å²) in [5, 5.41) is 59.3. The smallest absolute Gasteiger partial charge is 0.229 e. The summed E-state index contributed by atoms with van der Waals surface area (Å²) in [7, 11) is 0. The van der Waals surface area contributed by atoms with Crippen LogP contribution in [0.4, 0.5) is 0 Å². The van der Waals surface area contributed by atoms with E-state index < -0.39 is 42.7 Å². The van der Waals surface area contributed by atoms with Crippen LogP contribution in [0, 0.1) is 0 Å². The summed E-state index contributed by atoms with van der Waals surface area (Å²) >= 11 is 0. The molecular formula is C29H28O11. The molecule has 0 amide bonds. The number of hydrogen-bond acceptors (Lipinski definition) is 11. The molecule has 5 rings (SSSR count). The Morgan fingerprint density at radius 2 is 1.55 bits per heavy atom. The second-order valence-corrected chi connectivity index (χ2v) is 9.39. The summed E-state index contributed by atoms with van der Waals surface area (Å²) in [5.74, 6) is 0.676. The molecule has 1 aliphatic heterocycles. The predicted molar refractivity (Wildman–Crippen MR) is 141 cm³/mol. The Morgan fingerprint density at radius 3 is 2.25 bits per heavy atom. The van der Waals surface area contributed by atoms with Crippen molar-refractivity contribution in [1.29, 1.82) is 0 Å². The van der Waals surface area contributed by atoms with Crippen molar-refractivity contribution in [2.75, 3.05) is 13.2 Å². The molecule has 1 aliphatic rings. The average Bonchev–Trinajstić information content (AvgIpc) is 2.94. The number of ether oxygens (including phenoxy) is 3. The second-order valence-electron chi connectivity index (χ2n) is 9.39. The Balaban J connectivity index is 1.32. The lowest BCUT2D eigenvalue weighted by Gasteiger charge is -2.39. The van der Waals surface area contributed by atoms with Crippen molar-refractivity contribution in [2.45, 2.75) is 37.1 Å². The molecule has 210 valence electrons. The number of hydrogen-bond donors (Lipinski definition) is 6. The fraction of sp³-hybridized carbons (Fsp3) is 0.276. The number of phenolic OH excluding ortho intramolecular Hbond substituents is 2. The normalized spacial score (nSPS) is 22.8. The molecule has 0 aliphatic carbocycles. The van der Waals surface area contributed by atoms with Crippen LogP contribution in [-0.4, -0.2) is 74.6 Å². The zero-order chi connectivity index (χ0) is 28.4. The minimum atomic E-state index is -1.57. The quantitative estimate of drug-likeness (QED) is 0.187. The summed E-state index contributed by atoms with van der Waals surface area (Å²) in [5.41, 5.74) is 1.14. The van der Waals surface area contributed by atoms with Gasteiger partial charge in [0.1, 0.15) is 64.1 Å². The van der Waals surface area contributed by atoms with Crippen LogP contribution in [0.5, 0.6) is 23.0 Å². The third-order valence-electron chi connectivity index (χ3n) is 6.62. The van der Waals surface area contributed by atoms with Gasteiger partial charge in [-0.25, -0.2) is 0 Å². The Labute approximate surface area is 227 Å². The molecule has 3 aromatic carbocycles. The number of fused-ring (bicyclic) bond motifs is 1. The van der Waals surface area contributed by atoms with Crippen molar-refractivity contribution < 1.29 is 49.3 Å². The number of aliphatic hydroxyl groups is 4. The molecule has 4 aromatic rings. The number of phenols is 2. The van der Waals surface area contributed by atoms with Gasteiger partial charge in [-0.15, -0.1) is 0 Å². The van der Waals surface area contributed by atoms with Gasteiger partial charge in [-0.05, 0) is 42.0 Å². The summed E-state index contributed by atoms with van der Waals surface area (Å²) in [6.45, 7) is -0.291. The van der Waals surface area contributed by atoms with Crippen molar-refractivity contribution in [3.63, 3.8) is 0 Å². The Bertz CT molecular complexity index is 1510. The van der Waals surface area contributed by atoms with Crippen molar-refractivity contribution in [3.8, 4) is 34.3 Å². The highest BCUT2D eigenvalue weighted by atomic mass is 16.7. The van der Waals surface area contributed by atoms with Gasteiger partial charge in [0.25, 0.3) is 0 Å². The first-order chi connectivity index (χ1) is 19.2. The first kappa shape index (κ1) is 27.4. The minimum absolute atomic E-state index is 0.0113. The van der Waals surface area contributed by atoms with E-state index in [4.69, 9.17) is 18.6 Å². The minimum Gasteiger partial charge on any atom is -0.508 e. The summed E-state index contributed by atoms with van der Waals surface area (Å²) in [6.07, 6.45) is -6.51. The van der Waals surface area contributed by atoms with Crippen LogP contribution >= 0.6 is 0 Å². The van der Waals surface area contributed by atoms with E-state index in [0.717, 1.165) is 5.56 Å². The molecule has 6 N–H and O–H groups in total. The van der Waals surface area contributed by atoms with Gasteiger partial charge in [-0.1, -0.05) is 12.1 Å². The molecule has 0 saturated carbocycles. The van der Waals surface area contributed by atoms with Gasteiger partial charge in [0, 0.05) is 30.2 Å². The van der Waals surface area contributed by atoms with Crippen molar-refractivity contribution in [1.82, 2.24) is 0 Å². The highest BCUT2D eigenvalue weighted by molar-refractivity contribution is 5.86. The monoisotopic (exact) mass is 552 g/mol. The highest BCUT2D eigenvalue weighted by Crippen LogP contribution is 2.32. The predicted octanol–water partition coefficient (Wildman–Crippen LogP) is 1.67. The number of rotatable bonds is 8. The van der Waals surface area contributed by atoms with Crippen LogP contribution in [0.2, 0.25) is 0 Å². The average molecular weight is 553 g/mol. The molecule has 1 aromatic heterocycles. The lowest BCUT2D eigenvalue weighted by Crippen LogP contribution is -2.60. The summed E-state index contributed by atoms with van der Waals surface area (Å²) < 4.78 is 22.6. The molecule has 5 atom stereocenters. The molecule has 5 unspecified atom stereocenters. The van der Waals surface area contributed by atoms with Crippen LogP contribution in [0.15, 0.2) is 75.9 Å². The van der Waals surface area contributed by atoms with E-state index in [1.807, 2.05) is 0 Å². The van der Waals surface area contributed by atoms with E-state index in [0.29, 0.717) is 17.7 Å². The maximum atomic E-state index is 12.8. The fourth-order valence-electron chi connectivity index (χ4n) is 4.42. The van der Waals surface area contributed by atoms with Crippen LogP contribution in [0.1, 0.15) is 5.56 Å². The standard InChI is InChI=1S/C29H28O11/c30-14-24-26(34)27(35)28(36)29(40-24)38-18-7-3-16(4-8-18)22-13-21(33)25-20(32)11-19(12-23(25)39-22)37-10-9-15-1-5-17(31)6-2-15/h1-8,11-13,24,26-32,34-36H,9-10,14H2. The molecule has 2 heterocycles. The van der Waals surface area contributed by atoms with E-state index >= 15 is 0 Å². The van der Waals surface area contributed by atoms with Crippen LogP contribution in [-0.2, 0) is 11.2 Å². The van der Waals surface area contributed by atoms with E-state index in [-0.39, 0.29) is 40.6 Å². The first-order valence-electron chi connectivity index (χ1n) is 12.5. The summed E-state index contributed by atoms with van der Waals surface area (Å²) in [4.78, 5) is 12.8. The molecule has 40 heavy (non-hydrogen) atoms. The molecule has 1 fully saturated rings. The van der Waals surface area contributed by atoms with Gasteiger partial charge in [0.15, 0.2) is 5.43 Å². The molecule has 1 saturated heterocycles. The SMILES string of the molecule is O=c1cc(-c2ccc(OC3OC(CO)C(O)C(O)C3O)cc2)oc2cc(OCCc3ccc(O)cc3)cc(O)c12. The van der Waals surface area contributed by atoms with Gasteiger partial charge in [-0.2, -0.15) is 0 Å². The van der Waals surface area contributed by atoms with E-state index in [9.17, 15) is 35.4 Å². The van der Waals surface area contributed by atoms with Crippen molar-refractivity contribution >= 4 is 11.0 Å². The second kappa shape index (κ2) is 11.5. The van der Waals surface area contributed by atoms with Gasteiger partial charge in [0.05, 0.1) is 13.2 Å². The largest absolute Gasteiger partial charge is 0.508 e. The van der Waals surface area contributed by atoms with Gasteiger partial charge in [-0.3, -0.25) is 4.79 Å². The molecule has 0 radical (unpaired) electrons. The van der Waals surface area contributed by atoms with E-state index in [1.165, 1.54) is 30.3 Å². The van der Waals surface area contributed by atoms with Gasteiger partial charge < -0.3 is 49.3 Å². The Hall–Kier alpha value is -4.13. The Kier molecular flexibility index (Phi) is 7.92. The lowest BCUT2D eigenvalue weighted by atomic mass is 9.99. The third kappa shape index (κ3) is 5.74. The zero-order valence-corrected chi connectivity index (χ0v) is 21.1. The van der Waals surface area contributed by atoms with Crippen molar-refractivity contribution in [3.05, 3.63) is 82.5 Å². The van der Waals surface area contributed by atoms with E-state index in [2.05, 4.69) is 0 Å². The van der Waals surface area contributed by atoms with Crippen LogP contribution in [0.25, 0.3) is 22.3 Å². The zero-order valence-electron chi connectivity index (χ0n) is 21.1. The number of aliphatic hydroxyl groups excluding tert-OH is 4. The number of benzene rings is 3. The molecule has 0 spiro atoms. The topological polar surface area (TPSA) is 179 Å². The van der Waals surface area contributed by atoms with Gasteiger partial charge in [0.2, 0.25) is 6.29 Å². The highest BCUT2D eigenvalue weighted by Gasteiger charge is 2.44. The summed E-state index contributed by atoms with van der Waals surface area (Å²) in [6, 6.07) is 17.1. The molecule has 11 heteroatoms. The molecular weight excluding hydrogens is 524 g/mol. The van der Waals surface area contributed by atoms with Crippen LogP contribution < -0.4 is 14.9 Å². The maximum absolute atomic E-state index is 12.8. The third-order valence-corrected chi connectivity index (χ3v) is 6.62.